The largest absolute Gasteiger partial charge is 0.467 e. The fourth-order valence-electron chi connectivity index (χ4n) is 2.28. The van der Waals surface area contributed by atoms with Crippen molar-refractivity contribution < 1.29 is 14.6 Å². The lowest BCUT2D eigenvalue weighted by Gasteiger charge is -2.29. The van der Waals surface area contributed by atoms with Crippen molar-refractivity contribution in [2.45, 2.75) is 31.8 Å². The molecule has 2 N–H and O–H groups in total. The Kier molecular flexibility index (Phi) is 6.05. The van der Waals surface area contributed by atoms with Gasteiger partial charge >= 0.3 is 5.97 Å². The molecule has 0 bridgehead atoms. The van der Waals surface area contributed by atoms with Crippen molar-refractivity contribution in [3.63, 3.8) is 0 Å². The van der Waals surface area contributed by atoms with E-state index in [1.54, 1.807) is 0 Å². The fraction of sp³-hybridized carbons (Fsp3) is 0.923. The topological polar surface area (TPSA) is 61.8 Å². The van der Waals surface area contributed by atoms with Crippen LogP contribution in [0.15, 0.2) is 0 Å². The van der Waals surface area contributed by atoms with Crippen LogP contribution < -0.4 is 5.32 Å². The first kappa shape index (κ1) is 15.4. The number of rotatable bonds is 6. The highest BCUT2D eigenvalue weighted by atomic mass is 16.5. The lowest BCUT2D eigenvalue weighted by Crippen LogP contribution is -2.46. The molecule has 18 heavy (non-hydrogen) atoms. The third kappa shape index (κ3) is 4.92. The number of hydrogen-bond donors (Lipinski definition) is 2. The molecule has 106 valence electrons. The molecule has 0 spiro atoms. The summed E-state index contributed by atoms with van der Waals surface area (Å²) in [6.07, 6.45) is 3.59. The molecule has 1 fully saturated rings. The quantitative estimate of drug-likeness (QED) is 0.527. The second-order valence-electron chi connectivity index (χ2n) is 5.48. The Bertz CT molecular complexity index is 261. The molecule has 5 nitrogen and oxygen atoms in total. The molecular weight excluding hydrogens is 232 g/mol. The van der Waals surface area contributed by atoms with Gasteiger partial charge in [0.1, 0.15) is 0 Å². The first-order valence-electron chi connectivity index (χ1n) is 6.66. The van der Waals surface area contributed by atoms with Crippen LogP contribution in [0, 0.1) is 5.92 Å². The summed E-state index contributed by atoms with van der Waals surface area (Å²) in [6, 6.07) is 0. The number of ether oxygens (including phenoxy) is 1. The molecule has 5 heteroatoms. The van der Waals surface area contributed by atoms with Gasteiger partial charge in [-0.05, 0) is 58.8 Å². The zero-order valence-electron chi connectivity index (χ0n) is 11.7. The highest BCUT2D eigenvalue weighted by Crippen LogP contribution is 2.18. The molecule has 0 amide bonds. The highest BCUT2D eigenvalue weighted by molar-refractivity contribution is 5.78. The van der Waals surface area contributed by atoms with Crippen LogP contribution in [-0.2, 0) is 9.53 Å². The standard InChI is InChI=1S/C13H26N2O3/c1-13(17,12(16)18-3)10-14-7-4-11-5-8-15(2)9-6-11/h11,14,17H,4-10H2,1-3H3. The Morgan fingerprint density at radius 1 is 1.50 bits per heavy atom. The first-order chi connectivity index (χ1) is 8.45. The summed E-state index contributed by atoms with van der Waals surface area (Å²) >= 11 is 0. The van der Waals surface area contributed by atoms with Gasteiger partial charge in [-0.3, -0.25) is 0 Å². The van der Waals surface area contributed by atoms with E-state index in [4.69, 9.17) is 0 Å². The van der Waals surface area contributed by atoms with E-state index < -0.39 is 11.6 Å². The number of likely N-dealkylation sites (tertiary alicyclic amines) is 1. The van der Waals surface area contributed by atoms with Gasteiger partial charge in [0.15, 0.2) is 5.60 Å². The van der Waals surface area contributed by atoms with Crippen molar-refractivity contribution in [2.75, 3.05) is 40.3 Å². The lowest BCUT2D eigenvalue weighted by atomic mass is 9.94. The number of aliphatic hydroxyl groups is 1. The van der Waals surface area contributed by atoms with Crippen LogP contribution in [0.25, 0.3) is 0 Å². The average Bonchev–Trinajstić information content (AvgIpc) is 2.35. The molecule has 0 saturated carbocycles. The second-order valence-corrected chi connectivity index (χ2v) is 5.48. The van der Waals surface area contributed by atoms with Gasteiger partial charge in [-0.25, -0.2) is 4.79 Å². The molecule has 0 aromatic rings. The molecule has 1 saturated heterocycles. The van der Waals surface area contributed by atoms with E-state index in [9.17, 15) is 9.90 Å². The molecule has 1 aliphatic heterocycles. The molecule has 1 rings (SSSR count). The zero-order chi connectivity index (χ0) is 13.6. The van der Waals surface area contributed by atoms with Crippen LogP contribution in [0.2, 0.25) is 0 Å². The Balaban J connectivity index is 2.13. The molecule has 0 aromatic heterocycles. The third-order valence-electron chi connectivity index (χ3n) is 3.66. The Morgan fingerprint density at radius 2 is 2.11 bits per heavy atom. The van der Waals surface area contributed by atoms with E-state index in [0.29, 0.717) is 0 Å². The summed E-state index contributed by atoms with van der Waals surface area (Å²) in [7, 11) is 3.44. The van der Waals surface area contributed by atoms with Crippen molar-refractivity contribution in [1.82, 2.24) is 10.2 Å². The first-order valence-corrected chi connectivity index (χ1v) is 6.66. The SMILES string of the molecule is COC(=O)C(C)(O)CNCCC1CCN(C)CC1. The number of nitrogens with zero attached hydrogens (tertiary/aromatic N) is 1. The Morgan fingerprint density at radius 3 is 2.67 bits per heavy atom. The van der Waals surface area contributed by atoms with Gasteiger partial charge in [-0.1, -0.05) is 0 Å². The summed E-state index contributed by atoms with van der Waals surface area (Å²) in [4.78, 5) is 13.6. The predicted octanol–water partition coefficient (Wildman–Crippen LogP) is 0.232. The normalized spacial score (nSPS) is 21.6. The number of carbonyl (C=O) groups excluding carboxylic acids is 1. The van der Waals surface area contributed by atoms with E-state index in [1.807, 2.05) is 0 Å². The van der Waals surface area contributed by atoms with Crippen molar-refractivity contribution in [3.8, 4) is 0 Å². The van der Waals surface area contributed by atoms with E-state index in [-0.39, 0.29) is 6.54 Å². The molecule has 1 atom stereocenters. The van der Waals surface area contributed by atoms with Gasteiger partial charge in [0, 0.05) is 6.54 Å². The van der Waals surface area contributed by atoms with Gasteiger partial charge in [-0.15, -0.1) is 0 Å². The van der Waals surface area contributed by atoms with Crippen LogP contribution in [0.5, 0.6) is 0 Å². The van der Waals surface area contributed by atoms with Crippen molar-refractivity contribution in [1.29, 1.82) is 0 Å². The van der Waals surface area contributed by atoms with Gasteiger partial charge in [0.2, 0.25) is 0 Å². The maximum absolute atomic E-state index is 11.2. The number of esters is 1. The van der Waals surface area contributed by atoms with Crippen molar-refractivity contribution in [3.05, 3.63) is 0 Å². The average molecular weight is 258 g/mol. The smallest absolute Gasteiger partial charge is 0.338 e. The molecule has 0 radical (unpaired) electrons. The van der Waals surface area contributed by atoms with Gasteiger partial charge < -0.3 is 20.1 Å². The maximum atomic E-state index is 11.2. The number of nitrogens with one attached hydrogen (secondary N) is 1. The van der Waals surface area contributed by atoms with Crippen LogP contribution in [0.4, 0.5) is 0 Å². The number of methoxy groups -OCH3 is 1. The van der Waals surface area contributed by atoms with Gasteiger partial charge in [-0.2, -0.15) is 0 Å². The Labute approximate surface area is 109 Å². The summed E-state index contributed by atoms with van der Waals surface area (Å²) < 4.78 is 4.54. The zero-order valence-corrected chi connectivity index (χ0v) is 11.7. The monoisotopic (exact) mass is 258 g/mol. The molecule has 1 heterocycles. The van der Waals surface area contributed by atoms with E-state index in [1.165, 1.54) is 40.0 Å². The van der Waals surface area contributed by atoms with Crippen molar-refractivity contribution in [2.24, 2.45) is 5.92 Å². The third-order valence-corrected chi connectivity index (χ3v) is 3.66. The van der Waals surface area contributed by atoms with Gasteiger partial charge in [0.05, 0.1) is 7.11 Å². The van der Waals surface area contributed by atoms with Crippen LogP contribution >= 0.6 is 0 Å². The summed E-state index contributed by atoms with van der Waals surface area (Å²) in [5.74, 6) is 0.172. The summed E-state index contributed by atoms with van der Waals surface area (Å²) in [6.45, 7) is 4.89. The minimum absolute atomic E-state index is 0.242. The highest BCUT2D eigenvalue weighted by Gasteiger charge is 2.30. The molecule has 1 unspecified atom stereocenters. The second kappa shape index (κ2) is 7.07. The van der Waals surface area contributed by atoms with E-state index >= 15 is 0 Å². The summed E-state index contributed by atoms with van der Waals surface area (Å²) in [5, 5.41) is 12.9. The van der Waals surface area contributed by atoms with E-state index in [0.717, 1.165) is 18.9 Å². The van der Waals surface area contributed by atoms with Crippen molar-refractivity contribution >= 4 is 5.97 Å². The number of piperidine rings is 1. The lowest BCUT2D eigenvalue weighted by molar-refractivity contribution is -0.159. The molecule has 1 aliphatic rings. The summed E-state index contributed by atoms with van der Waals surface area (Å²) in [5.41, 5.74) is -1.43. The van der Waals surface area contributed by atoms with Gasteiger partial charge in [0.25, 0.3) is 0 Å². The predicted molar refractivity (Wildman–Crippen MR) is 70.3 cm³/mol. The fourth-order valence-corrected chi connectivity index (χ4v) is 2.28. The molecule has 0 aromatic carbocycles. The van der Waals surface area contributed by atoms with Crippen LogP contribution in [0.3, 0.4) is 0 Å². The van der Waals surface area contributed by atoms with E-state index in [2.05, 4.69) is 22.0 Å². The maximum Gasteiger partial charge on any atom is 0.338 e. The molecule has 0 aliphatic carbocycles. The number of carbonyl (C=O) groups is 1. The molecular formula is C13H26N2O3. The van der Waals surface area contributed by atoms with Crippen LogP contribution in [0.1, 0.15) is 26.2 Å². The number of hydrogen-bond acceptors (Lipinski definition) is 5. The van der Waals surface area contributed by atoms with Crippen LogP contribution in [-0.4, -0.2) is 61.9 Å². The minimum Gasteiger partial charge on any atom is -0.467 e. The Hall–Kier alpha value is -0.650. The minimum atomic E-state index is -1.43.